The Morgan fingerprint density at radius 2 is 1.58 bits per heavy atom. The van der Waals surface area contributed by atoms with Gasteiger partial charge in [0.25, 0.3) is 11.8 Å². The number of allylic oxidation sites excluding steroid dienone is 2. The lowest BCUT2D eigenvalue weighted by molar-refractivity contribution is -0.134. The molecule has 2 fully saturated rings. The first-order valence-corrected chi connectivity index (χ1v) is 15.1. The van der Waals surface area contributed by atoms with Gasteiger partial charge < -0.3 is 14.7 Å². The molecule has 2 aliphatic carbocycles. The van der Waals surface area contributed by atoms with Gasteiger partial charge in [0.05, 0.1) is 17.3 Å². The van der Waals surface area contributed by atoms with E-state index in [0.29, 0.717) is 37.3 Å². The zero-order chi connectivity index (χ0) is 29.7. The third kappa shape index (κ3) is 5.28. The second-order valence-electron chi connectivity index (χ2n) is 12.4. The lowest BCUT2D eigenvalue weighted by atomic mass is 9.75. The lowest BCUT2D eigenvalue weighted by Gasteiger charge is -2.41. The molecule has 0 aromatic heterocycles. The highest BCUT2D eigenvalue weighted by Crippen LogP contribution is 2.47. The number of rotatable bonds is 6. The van der Waals surface area contributed by atoms with Crippen molar-refractivity contribution in [2.24, 2.45) is 16.1 Å². The van der Waals surface area contributed by atoms with Gasteiger partial charge in [-0.05, 0) is 61.8 Å². The summed E-state index contributed by atoms with van der Waals surface area (Å²) in [5.41, 5.74) is 6.22. The number of carbonyl (C=O) groups is 3. The van der Waals surface area contributed by atoms with Crippen LogP contribution < -0.4 is 5.32 Å². The zero-order valence-electron chi connectivity index (χ0n) is 24.6. The van der Waals surface area contributed by atoms with Gasteiger partial charge in [0.15, 0.2) is 0 Å². The van der Waals surface area contributed by atoms with E-state index in [1.54, 1.807) is 0 Å². The molecule has 1 saturated heterocycles. The molecular formula is C34H36N6O3. The van der Waals surface area contributed by atoms with Gasteiger partial charge in [-0.3, -0.25) is 19.7 Å². The van der Waals surface area contributed by atoms with Gasteiger partial charge in [0, 0.05) is 61.7 Å². The number of piperazine rings is 1. The van der Waals surface area contributed by atoms with E-state index in [1.807, 2.05) is 46.2 Å². The smallest absolute Gasteiger partial charge is 0.295 e. The molecule has 1 saturated carbocycles. The number of azo groups is 1. The van der Waals surface area contributed by atoms with Crippen molar-refractivity contribution < 1.29 is 14.4 Å². The van der Waals surface area contributed by atoms with Gasteiger partial charge in [-0.25, -0.2) is 0 Å². The van der Waals surface area contributed by atoms with E-state index >= 15 is 0 Å². The first-order chi connectivity index (χ1) is 20.9. The number of nitrogens with one attached hydrogen (secondary N) is 1. The van der Waals surface area contributed by atoms with Gasteiger partial charge >= 0.3 is 0 Å². The van der Waals surface area contributed by atoms with E-state index in [-0.39, 0.29) is 41.6 Å². The summed E-state index contributed by atoms with van der Waals surface area (Å²) in [4.78, 5) is 44.4. The highest BCUT2D eigenvalue weighted by molar-refractivity contribution is 6.01. The molecule has 3 unspecified atom stereocenters. The Morgan fingerprint density at radius 1 is 0.907 bits per heavy atom. The van der Waals surface area contributed by atoms with Crippen LogP contribution in [-0.2, 0) is 16.1 Å². The normalized spacial score (nSPS) is 24.8. The minimum absolute atomic E-state index is 0.0208. The maximum Gasteiger partial charge on any atom is 0.295 e. The summed E-state index contributed by atoms with van der Waals surface area (Å²) in [5.74, 6) is -0.107. The Balaban J connectivity index is 1.17. The van der Waals surface area contributed by atoms with Gasteiger partial charge in [-0.1, -0.05) is 48.6 Å². The van der Waals surface area contributed by atoms with Crippen molar-refractivity contribution in [2.75, 3.05) is 40.3 Å². The quantitative estimate of drug-likeness (QED) is 0.561. The Labute approximate surface area is 251 Å². The van der Waals surface area contributed by atoms with Crippen molar-refractivity contribution in [1.82, 2.24) is 20.0 Å². The molecule has 7 rings (SSSR count). The zero-order valence-corrected chi connectivity index (χ0v) is 24.6. The van der Waals surface area contributed by atoms with Gasteiger partial charge in [-0.2, -0.15) is 5.11 Å². The van der Waals surface area contributed by atoms with Crippen LogP contribution in [0.1, 0.15) is 51.8 Å². The van der Waals surface area contributed by atoms with Crippen LogP contribution in [0.15, 0.2) is 93.8 Å². The number of hydrogen-bond acceptors (Lipinski definition) is 6. The maximum atomic E-state index is 13.4. The second-order valence-corrected chi connectivity index (χ2v) is 12.4. The molecule has 3 amide bonds. The Morgan fingerprint density at radius 3 is 2.26 bits per heavy atom. The number of benzene rings is 2. The molecular weight excluding hydrogens is 540 g/mol. The van der Waals surface area contributed by atoms with E-state index in [4.69, 9.17) is 0 Å². The summed E-state index contributed by atoms with van der Waals surface area (Å²) in [6, 6.07) is 16.1. The second kappa shape index (κ2) is 11.1. The molecule has 3 aliphatic heterocycles. The fourth-order valence-corrected chi connectivity index (χ4v) is 6.69. The molecule has 2 aromatic rings. The van der Waals surface area contributed by atoms with Crippen molar-refractivity contribution in [3.05, 3.63) is 106 Å². The van der Waals surface area contributed by atoms with Crippen LogP contribution in [0, 0.1) is 5.92 Å². The van der Waals surface area contributed by atoms with Crippen LogP contribution in [0.3, 0.4) is 0 Å². The van der Waals surface area contributed by atoms with Crippen molar-refractivity contribution in [3.63, 3.8) is 0 Å². The van der Waals surface area contributed by atoms with Crippen molar-refractivity contribution >= 4 is 17.7 Å². The molecule has 9 nitrogen and oxygen atoms in total. The van der Waals surface area contributed by atoms with E-state index in [0.717, 1.165) is 41.8 Å². The predicted octanol–water partition coefficient (Wildman–Crippen LogP) is 3.98. The Kier molecular flexibility index (Phi) is 7.15. The topological polar surface area (TPSA) is 97.7 Å². The van der Waals surface area contributed by atoms with Crippen LogP contribution in [0.5, 0.6) is 0 Å². The van der Waals surface area contributed by atoms with Gasteiger partial charge in [0.2, 0.25) is 5.91 Å². The summed E-state index contributed by atoms with van der Waals surface area (Å²) in [5, 5.41) is 12.3. The number of hydrogen-bond donors (Lipinski definition) is 1. The Hall–Kier alpha value is -4.21. The molecule has 220 valence electrons. The summed E-state index contributed by atoms with van der Waals surface area (Å²) in [6.07, 6.45) is 7.78. The van der Waals surface area contributed by atoms with Gasteiger partial charge in [0.1, 0.15) is 0 Å². The minimum Gasteiger partial charge on any atom is -0.339 e. The number of amides is 3. The van der Waals surface area contributed by atoms with E-state index in [1.165, 1.54) is 5.56 Å². The third-order valence-corrected chi connectivity index (χ3v) is 9.07. The molecule has 9 heteroatoms. The van der Waals surface area contributed by atoms with Crippen LogP contribution in [0.25, 0.3) is 0 Å². The standard InChI is InChI=1S/C34H36N6O3/c1-38(2)20-21-6-8-23(9-7-21)30-28(31-29-26(32(41)37-36-31)4-3-5-27(29)35-30)22-10-12-24(13-11-22)33(42)39-16-18-40(19-17-39)34(43)25-14-15-25/h3-13,25,27-28,30,35H,14-20H2,1-2H3. The maximum absolute atomic E-state index is 13.4. The summed E-state index contributed by atoms with van der Waals surface area (Å²) in [7, 11) is 4.11. The van der Waals surface area contributed by atoms with Crippen LogP contribution in [0.2, 0.25) is 0 Å². The molecule has 1 N–H and O–H groups in total. The van der Waals surface area contributed by atoms with Crippen molar-refractivity contribution in [2.45, 2.75) is 37.4 Å². The molecule has 0 radical (unpaired) electrons. The minimum atomic E-state index is -0.319. The van der Waals surface area contributed by atoms with E-state index in [2.05, 4.69) is 64.9 Å². The molecule has 5 aliphatic rings. The van der Waals surface area contributed by atoms with Crippen LogP contribution in [-0.4, -0.2) is 78.7 Å². The van der Waals surface area contributed by atoms with Crippen molar-refractivity contribution in [1.29, 1.82) is 0 Å². The largest absolute Gasteiger partial charge is 0.339 e. The van der Waals surface area contributed by atoms with E-state index < -0.39 is 0 Å². The molecule has 0 spiro atoms. The fourth-order valence-electron chi connectivity index (χ4n) is 6.69. The third-order valence-electron chi connectivity index (χ3n) is 9.07. The number of nitrogens with zero attached hydrogens (tertiary/aromatic N) is 5. The molecule has 3 heterocycles. The Bertz CT molecular complexity index is 1570. The lowest BCUT2D eigenvalue weighted by Crippen LogP contribution is -2.51. The summed E-state index contributed by atoms with van der Waals surface area (Å²) in [6.45, 7) is 3.13. The van der Waals surface area contributed by atoms with Crippen molar-refractivity contribution in [3.8, 4) is 0 Å². The molecule has 43 heavy (non-hydrogen) atoms. The predicted molar refractivity (Wildman–Crippen MR) is 162 cm³/mol. The van der Waals surface area contributed by atoms with Crippen LogP contribution in [0.4, 0.5) is 0 Å². The number of carbonyl (C=O) groups excluding carboxylic acids is 3. The SMILES string of the molecule is CN(C)Cc1ccc(C2NC3C=CC=C4C(=O)N=NC(=C43)C2c2ccc(C(=O)N3CCN(C(=O)C4CC4)CC3)cc2)cc1. The summed E-state index contributed by atoms with van der Waals surface area (Å²) >= 11 is 0. The monoisotopic (exact) mass is 576 g/mol. The fraction of sp³-hybridized carbons (Fsp3) is 0.382. The molecule has 3 atom stereocenters. The average molecular weight is 577 g/mol. The van der Waals surface area contributed by atoms with E-state index in [9.17, 15) is 14.4 Å². The van der Waals surface area contributed by atoms with Crippen LogP contribution >= 0.6 is 0 Å². The highest BCUT2D eigenvalue weighted by atomic mass is 16.2. The molecule has 0 bridgehead atoms. The van der Waals surface area contributed by atoms with Gasteiger partial charge in [-0.15, -0.1) is 5.11 Å². The highest BCUT2D eigenvalue weighted by Gasteiger charge is 2.43. The average Bonchev–Trinajstić information content (AvgIpc) is 3.88. The summed E-state index contributed by atoms with van der Waals surface area (Å²) < 4.78 is 0. The first kappa shape index (κ1) is 27.6. The first-order valence-electron chi connectivity index (χ1n) is 15.1. The molecule has 2 aromatic carbocycles.